The molecule has 2 aromatic rings. The van der Waals surface area contributed by atoms with Crippen LogP contribution in [0.15, 0.2) is 24.3 Å². The van der Waals surface area contributed by atoms with Crippen molar-refractivity contribution in [3.63, 3.8) is 0 Å². The first-order chi connectivity index (χ1) is 14.6. The topological polar surface area (TPSA) is 108 Å². The normalized spacial score (nSPS) is 13.5. The summed E-state index contributed by atoms with van der Waals surface area (Å²) in [7, 11) is 3.11. The monoisotopic (exact) mass is 418 g/mol. The van der Waals surface area contributed by atoms with E-state index in [2.05, 4.69) is 0 Å². The van der Waals surface area contributed by atoms with E-state index in [1.54, 1.807) is 19.7 Å². The lowest BCUT2D eigenvalue weighted by Crippen LogP contribution is -2.35. The van der Waals surface area contributed by atoms with Crippen LogP contribution in [-0.2, 0) is 17.9 Å². The third-order valence-corrected chi connectivity index (χ3v) is 4.74. The van der Waals surface area contributed by atoms with Gasteiger partial charge in [-0.15, -0.1) is 0 Å². The molecule has 0 saturated carbocycles. The number of ether oxygens (including phenoxy) is 6. The van der Waals surface area contributed by atoms with E-state index in [1.165, 1.54) is 0 Å². The number of rotatable bonds is 8. The zero-order valence-corrected chi connectivity index (χ0v) is 16.6. The van der Waals surface area contributed by atoms with E-state index in [0.717, 1.165) is 11.1 Å². The van der Waals surface area contributed by atoms with Gasteiger partial charge in [0.1, 0.15) is 0 Å². The number of nitrogens with one attached hydrogen (secondary N) is 1. The van der Waals surface area contributed by atoms with Crippen molar-refractivity contribution in [1.29, 1.82) is 0 Å². The zero-order valence-electron chi connectivity index (χ0n) is 16.6. The van der Waals surface area contributed by atoms with Gasteiger partial charge in [-0.05, 0) is 35.4 Å². The number of carbonyl (C=O) groups is 1. The molecule has 0 unspecified atom stereocenters. The molecule has 0 bridgehead atoms. The fourth-order valence-corrected chi connectivity index (χ4v) is 3.47. The first-order valence-electron chi connectivity index (χ1n) is 9.19. The minimum absolute atomic E-state index is 0.0377. The van der Waals surface area contributed by atoms with Crippen molar-refractivity contribution >= 4 is 5.91 Å². The van der Waals surface area contributed by atoms with Gasteiger partial charge in [-0.2, -0.15) is 0 Å². The van der Waals surface area contributed by atoms with E-state index in [9.17, 15) is 4.79 Å². The molecule has 0 saturated heterocycles. The highest BCUT2D eigenvalue weighted by Gasteiger charge is 2.23. The van der Waals surface area contributed by atoms with Crippen molar-refractivity contribution in [2.24, 2.45) is 0 Å². The molecule has 4 rings (SSSR count). The van der Waals surface area contributed by atoms with Crippen LogP contribution in [0, 0.1) is 0 Å². The molecule has 160 valence electrons. The summed E-state index contributed by atoms with van der Waals surface area (Å²) in [5.41, 5.74) is 3.39. The Balaban J connectivity index is 1.59. The SMILES string of the molecule is COc1cc(CN(CC(=O)NO)Cc2cc(OC)c3c(c2)OCO3)cc2c1OCO2. The van der Waals surface area contributed by atoms with Crippen molar-refractivity contribution in [2.75, 3.05) is 34.4 Å². The van der Waals surface area contributed by atoms with Gasteiger partial charge in [0.15, 0.2) is 23.0 Å². The van der Waals surface area contributed by atoms with Crippen LogP contribution in [0.4, 0.5) is 0 Å². The number of methoxy groups -OCH3 is 2. The van der Waals surface area contributed by atoms with Crippen molar-refractivity contribution in [3.8, 4) is 34.5 Å². The molecule has 2 aromatic carbocycles. The molecule has 1 amide bonds. The van der Waals surface area contributed by atoms with Gasteiger partial charge in [-0.3, -0.25) is 14.9 Å². The lowest BCUT2D eigenvalue weighted by molar-refractivity contribution is -0.130. The van der Waals surface area contributed by atoms with Gasteiger partial charge in [0.05, 0.1) is 20.8 Å². The first-order valence-corrected chi connectivity index (χ1v) is 9.19. The average Bonchev–Trinajstić information content (AvgIpc) is 3.41. The van der Waals surface area contributed by atoms with E-state index in [1.807, 2.05) is 29.2 Å². The highest BCUT2D eigenvalue weighted by atomic mass is 16.7. The second-order valence-corrected chi connectivity index (χ2v) is 6.74. The first kappa shape index (κ1) is 19.9. The zero-order chi connectivity index (χ0) is 21.1. The Hall–Kier alpha value is -3.37. The van der Waals surface area contributed by atoms with Crippen molar-refractivity contribution in [1.82, 2.24) is 10.4 Å². The maximum absolute atomic E-state index is 11.9. The summed E-state index contributed by atoms with van der Waals surface area (Å²) in [5.74, 6) is 2.85. The van der Waals surface area contributed by atoms with Crippen molar-refractivity contribution in [3.05, 3.63) is 35.4 Å². The van der Waals surface area contributed by atoms with Crippen LogP contribution < -0.4 is 33.9 Å². The highest BCUT2D eigenvalue weighted by molar-refractivity contribution is 5.76. The van der Waals surface area contributed by atoms with Gasteiger partial charge in [0, 0.05) is 13.1 Å². The van der Waals surface area contributed by atoms with Crippen LogP contribution in [0.3, 0.4) is 0 Å². The molecule has 30 heavy (non-hydrogen) atoms. The standard InChI is InChI=1S/C20H22N2O8/c1-25-14-3-12(5-16-19(14)29-10-27-16)7-22(9-18(23)21-24)8-13-4-15(26-2)20-17(6-13)28-11-30-20/h3-6,24H,7-11H2,1-2H3,(H,21,23). The smallest absolute Gasteiger partial charge is 0.257 e. The van der Waals surface area contributed by atoms with E-state index in [0.29, 0.717) is 47.6 Å². The van der Waals surface area contributed by atoms with Gasteiger partial charge in [-0.25, -0.2) is 5.48 Å². The van der Waals surface area contributed by atoms with E-state index in [-0.39, 0.29) is 20.1 Å². The molecule has 2 heterocycles. The molecule has 2 aliphatic heterocycles. The number of hydroxylamine groups is 1. The maximum Gasteiger partial charge on any atom is 0.257 e. The van der Waals surface area contributed by atoms with Crippen LogP contribution in [0.25, 0.3) is 0 Å². The molecule has 0 aromatic heterocycles. The molecule has 0 radical (unpaired) electrons. The number of fused-ring (bicyclic) bond motifs is 2. The number of nitrogens with zero attached hydrogens (tertiary/aromatic N) is 1. The Morgan fingerprint density at radius 2 is 1.43 bits per heavy atom. The molecule has 0 fully saturated rings. The molecule has 10 heteroatoms. The number of benzene rings is 2. The Labute approximate surface area is 172 Å². The van der Waals surface area contributed by atoms with Gasteiger partial charge in [0.25, 0.3) is 5.91 Å². The highest BCUT2D eigenvalue weighted by Crippen LogP contribution is 2.43. The predicted molar refractivity (Wildman–Crippen MR) is 102 cm³/mol. The van der Waals surface area contributed by atoms with Crippen molar-refractivity contribution < 1.29 is 38.4 Å². The molecule has 0 spiro atoms. The van der Waals surface area contributed by atoms with Crippen molar-refractivity contribution in [2.45, 2.75) is 13.1 Å². The molecule has 10 nitrogen and oxygen atoms in total. The van der Waals surface area contributed by atoms with Gasteiger partial charge < -0.3 is 28.4 Å². The van der Waals surface area contributed by atoms with Crippen LogP contribution >= 0.6 is 0 Å². The molecular weight excluding hydrogens is 396 g/mol. The minimum Gasteiger partial charge on any atom is -0.493 e. The number of carbonyl (C=O) groups excluding carboxylic acids is 1. The van der Waals surface area contributed by atoms with Gasteiger partial charge >= 0.3 is 0 Å². The summed E-state index contributed by atoms with van der Waals surface area (Å²) >= 11 is 0. The Morgan fingerprint density at radius 3 is 1.87 bits per heavy atom. The summed E-state index contributed by atoms with van der Waals surface area (Å²) in [5, 5.41) is 8.99. The Bertz CT molecular complexity index is 881. The fourth-order valence-electron chi connectivity index (χ4n) is 3.47. The molecule has 0 aliphatic carbocycles. The molecular formula is C20H22N2O8. The lowest BCUT2D eigenvalue weighted by atomic mass is 10.1. The predicted octanol–water partition coefficient (Wildman–Crippen LogP) is 1.67. The molecule has 2 N–H and O–H groups in total. The number of hydrogen-bond donors (Lipinski definition) is 2. The molecule has 0 atom stereocenters. The average molecular weight is 418 g/mol. The quantitative estimate of drug-likeness (QED) is 0.489. The second kappa shape index (κ2) is 8.56. The Kier molecular flexibility index (Phi) is 5.68. The number of amides is 1. The second-order valence-electron chi connectivity index (χ2n) is 6.74. The number of hydrogen-bond acceptors (Lipinski definition) is 9. The summed E-state index contributed by atoms with van der Waals surface area (Å²) in [6.45, 7) is 0.990. The van der Waals surface area contributed by atoms with Crippen LogP contribution in [0.1, 0.15) is 11.1 Å². The summed E-state index contributed by atoms with van der Waals surface area (Å²) in [6.07, 6.45) is 0. The third kappa shape index (κ3) is 4.00. The third-order valence-electron chi connectivity index (χ3n) is 4.74. The fraction of sp³-hybridized carbons (Fsp3) is 0.350. The largest absolute Gasteiger partial charge is 0.493 e. The van der Waals surface area contributed by atoms with Gasteiger partial charge in [-0.1, -0.05) is 0 Å². The lowest BCUT2D eigenvalue weighted by Gasteiger charge is -2.22. The Morgan fingerprint density at radius 1 is 0.933 bits per heavy atom. The minimum atomic E-state index is -0.532. The van der Waals surface area contributed by atoms with Crippen LogP contribution in [-0.4, -0.2) is 50.4 Å². The summed E-state index contributed by atoms with van der Waals surface area (Å²) < 4.78 is 32.6. The van der Waals surface area contributed by atoms with Gasteiger partial charge in [0.2, 0.25) is 25.1 Å². The van der Waals surface area contributed by atoms with E-state index >= 15 is 0 Å². The van der Waals surface area contributed by atoms with Crippen LogP contribution in [0.2, 0.25) is 0 Å². The van der Waals surface area contributed by atoms with E-state index < -0.39 is 5.91 Å². The maximum atomic E-state index is 11.9. The van der Waals surface area contributed by atoms with E-state index in [4.69, 9.17) is 33.6 Å². The summed E-state index contributed by atoms with van der Waals surface area (Å²) in [6, 6.07) is 7.35. The molecule has 2 aliphatic rings. The summed E-state index contributed by atoms with van der Waals surface area (Å²) in [4.78, 5) is 13.7. The van der Waals surface area contributed by atoms with Crippen LogP contribution in [0.5, 0.6) is 34.5 Å².